The Morgan fingerprint density at radius 2 is 1.96 bits per heavy atom. The molecule has 1 aliphatic heterocycles. The molecule has 0 bridgehead atoms. The topological polar surface area (TPSA) is 86.7 Å². The number of benzene rings is 1. The second kappa shape index (κ2) is 9.14. The van der Waals surface area contributed by atoms with E-state index in [1.165, 1.54) is 4.90 Å². The van der Waals surface area contributed by atoms with Gasteiger partial charge < -0.3 is 10.4 Å². The molecular formula is C19H22N2O4S2. The summed E-state index contributed by atoms with van der Waals surface area (Å²) in [6, 6.07) is 6.70. The molecule has 1 aromatic carbocycles. The van der Waals surface area contributed by atoms with Crippen molar-refractivity contribution in [3.63, 3.8) is 0 Å². The minimum absolute atomic E-state index is 0.223. The van der Waals surface area contributed by atoms with Crippen molar-refractivity contribution in [3.05, 3.63) is 40.3 Å². The first-order valence-corrected chi connectivity index (χ1v) is 9.79. The predicted molar refractivity (Wildman–Crippen MR) is 110 cm³/mol. The van der Waals surface area contributed by atoms with Gasteiger partial charge in [-0.15, -0.1) is 0 Å². The van der Waals surface area contributed by atoms with Crippen LogP contribution in [0.15, 0.2) is 29.2 Å². The number of hydrogen-bond donors (Lipinski definition) is 2. The molecule has 1 aromatic rings. The summed E-state index contributed by atoms with van der Waals surface area (Å²) in [5.74, 6) is -2.21. The minimum atomic E-state index is -1.10. The third-order valence-corrected chi connectivity index (χ3v) is 5.72. The average Bonchev–Trinajstić information content (AvgIpc) is 2.88. The molecule has 0 spiro atoms. The highest BCUT2D eigenvalue weighted by molar-refractivity contribution is 8.26. The fraction of sp³-hybridized carbons (Fsp3) is 0.368. The molecular weight excluding hydrogens is 384 g/mol. The summed E-state index contributed by atoms with van der Waals surface area (Å²) in [6.07, 6.45) is 2.34. The van der Waals surface area contributed by atoms with Crippen molar-refractivity contribution in [2.45, 2.75) is 33.2 Å². The smallest absolute Gasteiger partial charge is 0.326 e. The standard InChI is InChI=1S/C19H22N2O4S2/c1-4-12(3)16(18(24)25)20-15(22)10-21-17(23)14(27-19(21)26)9-13-7-5-11(2)6-8-13/h5-9,12,16H,4,10H2,1-3H3,(H,20,22)(H,24,25)/b14-9+. The zero-order valence-electron chi connectivity index (χ0n) is 15.4. The molecule has 0 aromatic heterocycles. The molecule has 1 aliphatic rings. The number of carbonyl (C=O) groups excluding carboxylic acids is 2. The summed E-state index contributed by atoms with van der Waals surface area (Å²) in [7, 11) is 0. The molecule has 2 N–H and O–H groups in total. The molecule has 27 heavy (non-hydrogen) atoms. The molecule has 2 atom stereocenters. The summed E-state index contributed by atoms with van der Waals surface area (Å²) in [4.78, 5) is 37.8. The zero-order valence-corrected chi connectivity index (χ0v) is 17.0. The Hall–Kier alpha value is -2.19. The van der Waals surface area contributed by atoms with Gasteiger partial charge >= 0.3 is 5.97 Å². The summed E-state index contributed by atoms with van der Waals surface area (Å²) >= 11 is 6.35. The third kappa shape index (κ3) is 5.40. The van der Waals surface area contributed by atoms with Gasteiger partial charge in [0.05, 0.1) is 4.91 Å². The molecule has 2 amide bonds. The first kappa shape index (κ1) is 21.1. The predicted octanol–water partition coefficient (Wildman–Crippen LogP) is 2.81. The van der Waals surface area contributed by atoms with Crippen molar-refractivity contribution >= 4 is 52.2 Å². The molecule has 2 rings (SSSR count). The number of aryl methyl sites for hydroxylation is 1. The number of nitrogens with one attached hydrogen (secondary N) is 1. The molecule has 0 radical (unpaired) electrons. The Bertz CT molecular complexity index is 789. The van der Waals surface area contributed by atoms with E-state index in [2.05, 4.69) is 5.32 Å². The Morgan fingerprint density at radius 3 is 2.52 bits per heavy atom. The van der Waals surface area contributed by atoms with Gasteiger partial charge in [0.15, 0.2) is 0 Å². The highest BCUT2D eigenvalue weighted by atomic mass is 32.2. The van der Waals surface area contributed by atoms with E-state index in [1.807, 2.05) is 38.1 Å². The van der Waals surface area contributed by atoms with Gasteiger partial charge in [-0.05, 0) is 24.5 Å². The fourth-order valence-electron chi connectivity index (χ4n) is 2.50. The van der Waals surface area contributed by atoms with E-state index in [9.17, 15) is 19.5 Å². The van der Waals surface area contributed by atoms with Crippen LogP contribution in [0.3, 0.4) is 0 Å². The van der Waals surface area contributed by atoms with E-state index in [-0.39, 0.29) is 22.7 Å². The Kier molecular flexibility index (Phi) is 7.15. The number of hydrogen-bond acceptors (Lipinski definition) is 5. The molecule has 144 valence electrons. The summed E-state index contributed by atoms with van der Waals surface area (Å²) < 4.78 is 0.281. The first-order valence-electron chi connectivity index (χ1n) is 8.57. The van der Waals surface area contributed by atoms with Gasteiger partial charge in [0.1, 0.15) is 16.9 Å². The van der Waals surface area contributed by atoms with Gasteiger partial charge in [-0.1, -0.05) is 74.1 Å². The number of carboxylic acids is 1. The Balaban J connectivity index is 2.07. The molecule has 6 nitrogen and oxygen atoms in total. The van der Waals surface area contributed by atoms with Gasteiger partial charge in [0.2, 0.25) is 5.91 Å². The average molecular weight is 407 g/mol. The molecule has 2 unspecified atom stereocenters. The van der Waals surface area contributed by atoms with Crippen molar-refractivity contribution in [1.82, 2.24) is 10.2 Å². The number of amides is 2. The van der Waals surface area contributed by atoms with Crippen LogP contribution in [-0.2, 0) is 14.4 Å². The van der Waals surface area contributed by atoms with Gasteiger partial charge in [-0.2, -0.15) is 0 Å². The molecule has 8 heteroatoms. The number of carbonyl (C=O) groups is 3. The van der Waals surface area contributed by atoms with Crippen LogP contribution >= 0.6 is 24.0 Å². The van der Waals surface area contributed by atoms with E-state index >= 15 is 0 Å². The van der Waals surface area contributed by atoms with Crippen molar-refractivity contribution < 1.29 is 19.5 Å². The van der Waals surface area contributed by atoms with Gasteiger partial charge in [-0.3, -0.25) is 14.5 Å². The lowest BCUT2D eigenvalue weighted by Gasteiger charge is -2.21. The number of aliphatic carboxylic acids is 1. The number of nitrogens with zero attached hydrogens (tertiary/aromatic N) is 1. The molecule has 0 aliphatic carbocycles. The largest absolute Gasteiger partial charge is 0.480 e. The molecule has 1 saturated heterocycles. The first-order chi connectivity index (χ1) is 12.7. The van der Waals surface area contributed by atoms with Crippen LogP contribution in [0.2, 0.25) is 0 Å². The van der Waals surface area contributed by atoms with Crippen LogP contribution in [0.1, 0.15) is 31.4 Å². The van der Waals surface area contributed by atoms with Gasteiger partial charge in [-0.25, -0.2) is 4.79 Å². The Labute approximate surface area is 168 Å². The number of thioether (sulfide) groups is 1. The maximum Gasteiger partial charge on any atom is 0.326 e. The summed E-state index contributed by atoms with van der Waals surface area (Å²) in [6.45, 7) is 5.29. The highest BCUT2D eigenvalue weighted by Gasteiger charge is 2.34. The molecule has 0 saturated carbocycles. The SMILES string of the molecule is CCC(C)C(NC(=O)CN1C(=O)/C(=C\c2ccc(C)cc2)SC1=S)C(=O)O. The Morgan fingerprint density at radius 1 is 1.33 bits per heavy atom. The summed E-state index contributed by atoms with van der Waals surface area (Å²) in [5.41, 5.74) is 1.99. The van der Waals surface area contributed by atoms with Crippen molar-refractivity contribution in [2.75, 3.05) is 6.54 Å². The van der Waals surface area contributed by atoms with Crippen molar-refractivity contribution in [1.29, 1.82) is 0 Å². The second-order valence-electron chi connectivity index (χ2n) is 6.45. The van der Waals surface area contributed by atoms with Crippen molar-refractivity contribution in [2.24, 2.45) is 5.92 Å². The van der Waals surface area contributed by atoms with E-state index in [0.29, 0.717) is 11.3 Å². The van der Waals surface area contributed by atoms with Gasteiger partial charge in [0, 0.05) is 0 Å². The molecule has 1 heterocycles. The van der Waals surface area contributed by atoms with Crippen LogP contribution < -0.4 is 5.32 Å². The van der Waals surface area contributed by atoms with E-state index in [0.717, 1.165) is 22.9 Å². The normalized spacial score (nSPS) is 17.9. The second-order valence-corrected chi connectivity index (χ2v) is 8.12. The van der Waals surface area contributed by atoms with Gasteiger partial charge in [0.25, 0.3) is 5.91 Å². The van der Waals surface area contributed by atoms with Crippen LogP contribution in [-0.4, -0.2) is 44.7 Å². The maximum absolute atomic E-state index is 12.6. The third-order valence-electron chi connectivity index (χ3n) is 4.35. The zero-order chi connectivity index (χ0) is 20.1. The number of rotatable bonds is 7. The maximum atomic E-state index is 12.6. The van der Waals surface area contributed by atoms with E-state index in [1.54, 1.807) is 13.0 Å². The quantitative estimate of drug-likeness (QED) is 0.535. The van der Waals surface area contributed by atoms with Crippen LogP contribution in [0.5, 0.6) is 0 Å². The summed E-state index contributed by atoms with van der Waals surface area (Å²) in [5, 5.41) is 11.8. The van der Waals surface area contributed by atoms with Crippen LogP contribution in [0.25, 0.3) is 6.08 Å². The van der Waals surface area contributed by atoms with Crippen LogP contribution in [0.4, 0.5) is 0 Å². The fourth-order valence-corrected chi connectivity index (χ4v) is 3.75. The van der Waals surface area contributed by atoms with E-state index in [4.69, 9.17) is 12.2 Å². The monoisotopic (exact) mass is 406 g/mol. The minimum Gasteiger partial charge on any atom is -0.480 e. The lowest BCUT2D eigenvalue weighted by Crippen LogP contribution is -2.49. The lowest BCUT2D eigenvalue weighted by molar-refractivity contribution is -0.143. The number of carboxylic acid groups (broad SMARTS) is 1. The lowest BCUT2D eigenvalue weighted by atomic mass is 9.99. The number of thiocarbonyl (C=S) groups is 1. The molecule has 1 fully saturated rings. The van der Waals surface area contributed by atoms with E-state index < -0.39 is 17.9 Å². The van der Waals surface area contributed by atoms with Crippen LogP contribution in [0, 0.1) is 12.8 Å². The van der Waals surface area contributed by atoms with Crippen molar-refractivity contribution in [3.8, 4) is 0 Å². The highest BCUT2D eigenvalue weighted by Crippen LogP contribution is 2.32.